The van der Waals surface area contributed by atoms with Crippen molar-refractivity contribution in [3.8, 4) is 5.75 Å². The van der Waals surface area contributed by atoms with Crippen LogP contribution in [-0.4, -0.2) is 18.0 Å². The summed E-state index contributed by atoms with van der Waals surface area (Å²) in [5.41, 5.74) is 3.26. The molecule has 1 heterocycles. The fourth-order valence-electron chi connectivity index (χ4n) is 1.59. The number of nitrogens with zero attached hydrogens (tertiary/aromatic N) is 1. The number of hydrogen-bond donors (Lipinski definition) is 3. The lowest BCUT2D eigenvalue weighted by Gasteiger charge is -2.08. The van der Waals surface area contributed by atoms with Gasteiger partial charge in [0.2, 0.25) is 0 Å². The van der Waals surface area contributed by atoms with E-state index in [-0.39, 0.29) is 11.6 Å². The number of aromatic nitrogens is 1. The average Bonchev–Trinajstić information content (AvgIpc) is 2.46. The van der Waals surface area contributed by atoms with E-state index in [2.05, 4.69) is 31.7 Å². The zero-order valence-corrected chi connectivity index (χ0v) is 12.3. The van der Waals surface area contributed by atoms with Crippen molar-refractivity contribution >= 4 is 33.3 Å². The number of amides is 1. The molecule has 0 saturated carbocycles. The van der Waals surface area contributed by atoms with Gasteiger partial charge in [-0.1, -0.05) is 22.0 Å². The molecule has 1 aromatic carbocycles. The van der Waals surface area contributed by atoms with E-state index in [0.29, 0.717) is 17.3 Å². The van der Waals surface area contributed by atoms with Crippen molar-refractivity contribution in [1.82, 2.24) is 4.98 Å². The van der Waals surface area contributed by atoms with E-state index in [0.717, 1.165) is 4.47 Å². The molecule has 0 saturated heterocycles. The molecular formula is C13H13BrN4O2. The van der Waals surface area contributed by atoms with Gasteiger partial charge in [-0.15, -0.1) is 0 Å². The summed E-state index contributed by atoms with van der Waals surface area (Å²) in [4.78, 5) is 16.2. The van der Waals surface area contributed by atoms with Gasteiger partial charge in [-0.3, -0.25) is 4.79 Å². The van der Waals surface area contributed by atoms with Crippen LogP contribution in [-0.2, 0) is 0 Å². The van der Waals surface area contributed by atoms with Crippen LogP contribution in [0.3, 0.4) is 0 Å². The quantitative estimate of drug-likeness (QED) is 0.589. The first-order valence-electron chi connectivity index (χ1n) is 5.72. The smallest absolute Gasteiger partial charge is 0.274 e. The highest BCUT2D eigenvalue weighted by atomic mass is 79.9. The Balaban J connectivity index is 2.20. The Bertz CT molecular complexity index is 634. The molecule has 0 fully saturated rings. The molecule has 2 aromatic rings. The summed E-state index contributed by atoms with van der Waals surface area (Å²) in [5.74, 6) is 5.99. The van der Waals surface area contributed by atoms with Gasteiger partial charge in [0.1, 0.15) is 17.3 Å². The van der Waals surface area contributed by atoms with E-state index in [1.54, 1.807) is 43.5 Å². The first-order valence-corrected chi connectivity index (χ1v) is 6.51. The van der Waals surface area contributed by atoms with Crippen LogP contribution in [0, 0.1) is 0 Å². The summed E-state index contributed by atoms with van der Waals surface area (Å²) in [6.45, 7) is 0. The van der Waals surface area contributed by atoms with E-state index in [1.165, 1.54) is 0 Å². The number of halogens is 1. The number of carbonyl (C=O) groups is 1. The molecule has 0 aliphatic rings. The zero-order valence-electron chi connectivity index (χ0n) is 10.7. The summed E-state index contributed by atoms with van der Waals surface area (Å²) < 4.78 is 5.94. The van der Waals surface area contributed by atoms with Gasteiger partial charge >= 0.3 is 0 Å². The summed E-state index contributed by atoms with van der Waals surface area (Å²) >= 11 is 3.35. The Morgan fingerprint density at radius 2 is 2.15 bits per heavy atom. The first kappa shape index (κ1) is 14.3. The minimum atomic E-state index is -0.331. The number of nitrogens with one attached hydrogen (secondary N) is 2. The second-order valence-electron chi connectivity index (χ2n) is 3.89. The molecule has 7 heteroatoms. The lowest BCUT2D eigenvalue weighted by Crippen LogP contribution is -2.16. The van der Waals surface area contributed by atoms with Crippen LogP contribution >= 0.6 is 15.9 Å². The molecule has 0 aliphatic heterocycles. The molecular weight excluding hydrogens is 324 g/mol. The molecule has 4 N–H and O–H groups in total. The number of benzene rings is 1. The topological polar surface area (TPSA) is 89.3 Å². The first-order chi connectivity index (χ1) is 9.62. The second kappa shape index (κ2) is 6.36. The van der Waals surface area contributed by atoms with Crippen LogP contribution in [0.1, 0.15) is 10.5 Å². The molecule has 1 amide bonds. The Hall–Kier alpha value is -2.12. The third-order valence-corrected chi connectivity index (χ3v) is 2.95. The van der Waals surface area contributed by atoms with Gasteiger partial charge in [0.15, 0.2) is 0 Å². The van der Waals surface area contributed by atoms with Crippen molar-refractivity contribution < 1.29 is 9.53 Å². The number of pyridine rings is 1. The molecule has 2 rings (SSSR count). The molecule has 0 radical (unpaired) electrons. The molecule has 0 unspecified atom stereocenters. The van der Waals surface area contributed by atoms with Crippen LogP contribution in [0.2, 0.25) is 0 Å². The number of carbonyl (C=O) groups excluding carboxylic acids is 1. The number of methoxy groups -OCH3 is 1. The standard InChI is InChI=1S/C13H13BrN4O2/c1-20-10-6-8(14)5-9(7-10)16-13(19)11-3-2-4-12(17-11)18-15/h2-7H,15H2,1H3,(H,16,19)(H,17,18). The van der Waals surface area contributed by atoms with Gasteiger partial charge in [0, 0.05) is 16.2 Å². The fraction of sp³-hybridized carbons (Fsp3) is 0.0769. The van der Waals surface area contributed by atoms with Gasteiger partial charge < -0.3 is 15.5 Å². The largest absolute Gasteiger partial charge is 0.497 e. The second-order valence-corrected chi connectivity index (χ2v) is 4.80. The van der Waals surface area contributed by atoms with Crippen molar-refractivity contribution in [3.05, 3.63) is 46.6 Å². The van der Waals surface area contributed by atoms with Crippen molar-refractivity contribution in [1.29, 1.82) is 0 Å². The van der Waals surface area contributed by atoms with Crippen LogP contribution in [0.5, 0.6) is 5.75 Å². The maximum absolute atomic E-state index is 12.1. The normalized spacial score (nSPS) is 9.95. The Morgan fingerprint density at radius 1 is 1.35 bits per heavy atom. The highest BCUT2D eigenvalue weighted by Gasteiger charge is 2.09. The van der Waals surface area contributed by atoms with Crippen LogP contribution in [0.15, 0.2) is 40.9 Å². The molecule has 104 valence electrons. The van der Waals surface area contributed by atoms with Gasteiger partial charge in [-0.25, -0.2) is 10.8 Å². The lowest BCUT2D eigenvalue weighted by atomic mass is 10.2. The Kier molecular flexibility index (Phi) is 4.54. The summed E-state index contributed by atoms with van der Waals surface area (Å²) in [7, 11) is 1.56. The number of rotatable bonds is 4. The zero-order chi connectivity index (χ0) is 14.5. The van der Waals surface area contributed by atoms with E-state index in [9.17, 15) is 4.79 Å². The van der Waals surface area contributed by atoms with Crippen LogP contribution in [0.25, 0.3) is 0 Å². The third kappa shape index (κ3) is 3.46. The Morgan fingerprint density at radius 3 is 2.85 bits per heavy atom. The third-order valence-electron chi connectivity index (χ3n) is 2.49. The van der Waals surface area contributed by atoms with Gasteiger partial charge in [-0.05, 0) is 24.3 Å². The van der Waals surface area contributed by atoms with E-state index in [4.69, 9.17) is 10.6 Å². The number of nitrogen functional groups attached to an aromatic ring is 1. The molecule has 20 heavy (non-hydrogen) atoms. The number of hydrogen-bond acceptors (Lipinski definition) is 5. The molecule has 0 atom stereocenters. The predicted molar refractivity (Wildman–Crippen MR) is 80.7 cm³/mol. The number of ether oxygens (including phenoxy) is 1. The Labute approximate surface area is 124 Å². The molecule has 0 spiro atoms. The van der Waals surface area contributed by atoms with Crippen LogP contribution < -0.4 is 21.3 Å². The van der Waals surface area contributed by atoms with Gasteiger partial charge in [-0.2, -0.15) is 0 Å². The number of nitrogens with two attached hydrogens (primary N) is 1. The highest BCUT2D eigenvalue weighted by molar-refractivity contribution is 9.10. The number of hydrazine groups is 1. The van der Waals surface area contributed by atoms with E-state index >= 15 is 0 Å². The number of anilines is 2. The maximum Gasteiger partial charge on any atom is 0.274 e. The van der Waals surface area contributed by atoms with Crippen molar-refractivity contribution in [3.63, 3.8) is 0 Å². The van der Waals surface area contributed by atoms with Gasteiger partial charge in [0.05, 0.1) is 7.11 Å². The predicted octanol–water partition coefficient (Wildman–Crippen LogP) is 2.39. The minimum Gasteiger partial charge on any atom is -0.497 e. The van der Waals surface area contributed by atoms with Crippen molar-refractivity contribution in [2.24, 2.45) is 5.84 Å². The molecule has 0 aliphatic carbocycles. The molecule has 1 aromatic heterocycles. The SMILES string of the molecule is COc1cc(Br)cc(NC(=O)c2cccc(NN)n2)c1. The average molecular weight is 337 g/mol. The van der Waals surface area contributed by atoms with Gasteiger partial charge in [0.25, 0.3) is 5.91 Å². The fourth-order valence-corrected chi connectivity index (χ4v) is 2.06. The lowest BCUT2D eigenvalue weighted by molar-refractivity contribution is 0.102. The van der Waals surface area contributed by atoms with Crippen molar-refractivity contribution in [2.75, 3.05) is 17.9 Å². The molecule has 6 nitrogen and oxygen atoms in total. The van der Waals surface area contributed by atoms with E-state index in [1.807, 2.05) is 0 Å². The van der Waals surface area contributed by atoms with Crippen LogP contribution in [0.4, 0.5) is 11.5 Å². The van der Waals surface area contributed by atoms with E-state index < -0.39 is 0 Å². The molecule has 0 bridgehead atoms. The highest BCUT2D eigenvalue weighted by Crippen LogP contribution is 2.24. The minimum absolute atomic E-state index is 0.263. The maximum atomic E-state index is 12.1. The summed E-state index contributed by atoms with van der Waals surface area (Å²) in [6, 6.07) is 10.2. The monoisotopic (exact) mass is 336 g/mol. The van der Waals surface area contributed by atoms with Crippen molar-refractivity contribution in [2.45, 2.75) is 0 Å². The summed E-state index contributed by atoms with van der Waals surface area (Å²) in [5, 5.41) is 2.75. The summed E-state index contributed by atoms with van der Waals surface area (Å²) in [6.07, 6.45) is 0.